The van der Waals surface area contributed by atoms with Gasteiger partial charge in [-0.25, -0.2) is 13.1 Å². The number of rotatable bonds is 6. The molecule has 0 unspecified atom stereocenters. The van der Waals surface area contributed by atoms with Gasteiger partial charge in [-0.05, 0) is 25.8 Å². The normalized spacial score (nSPS) is 18.8. The maximum absolute atomic E-state index is 12.4. The maximum atomic E-state index is 12.4. The van der Waals surface area contributed by atoms with Crippen molar-refractivity contribution in [3.8, 4) is 0 Å². The molecule has 1 heterocycles. The molecular weight excluding hydrogens is 292 g/mol. The van der Waals surface area contributed by atoms with E-state index in [9.17, 15) is 8.42 Å². The van der Waals surface area contributed by atoms with Gasteiger partial charge >= 0.3 is 0 Å². The van der Waals surface area contributed by atoms with Crippen molar-refractivity contribution in [2.24, 2.45) is 0 Å². The summed E-state index contributed by atoms with van der Waals surface area (Å²) in [5.41, 5.74) is -0.267. The van der Waals surface area contributed by atoms with Gasteiger partial charge in [0.05, 0.1) is 4.90 Å². The van der Waals surface area contributed by atoms with Gasteiger partial charge in [0.2, 0.25) is 10.0 Å². The fourth-order valence-electron chi connectivity index (χ4n) is 2.54. The molecule has 6 heteroatoms. The summed E-state index contributed by atoms with van der Waals surface area (Å²) in [5, 5.41) is 5.04. The standard InChI is InChI=1S/C14H24N2O2S2/c1-11(2)15-9-12-8-13(10-19-12)20(17,18)16-14(3)6-4-5-7-14/h8,10-11,15-16H,4-7,9H2,1-3H3. The first-order valence-electron chi connectivity index (χ1n) is 7.16. The number of hydrogen-bond acceptors (Lipinski definition) is 4. The lowest BCUT2D eigenvalue weighted by Crippen LogP contribution is -2.43. The van der Waals surface area contributed by atoms with Gasteiger partial charge in [-0.3, -0.25) is 0 Å². The van der Waals surface area contributed by atoms with Crippen LogP contribution in [0.25, 0.3) is 0 Å². The summed E-state index contributed by atoms with van der Waals surface area (Å²) < 4.78 is 27.7. The van der Waals surface area contributed by atoms with E-state index in [1.807, 2.05) is 6.92 Å². The molecule has 2 N–H and O–H groups in total. The smallest absolute Gasteiger partial charge is 0.241 e. The molecule has 0 bridgehead atoms. The first kappa shape index (κ1) is 15.9. The lowest BCUT2D eigenvalue weighted by atomic mass is 10.0. The second-order valence-electron chi connectivity index (χ2n) is 6.16. The lowest BCUT2D eigenvalue weighted by molar-refractivity contribution is 0.427. The molecule has 1 aromatic heterocycles. The van der Waals surface area contributed by atoms with E-state index in [2.05, 4.69) is 23.9 Å². The Kier molecular flexibility index (Phi) is 4.89. The second-order valence-corrected chi connectivity index (χ2v) is 8.84. The molecule has 0 amide bonds. The third kappa shape index (κ3) is 4.04. The van der Waals surface area contributed by atoms with Crippen LogP contribution in [0.3, 0.4) is 0 Å². The van der Waals surface area contributed by atoms with Crippen molar-refractivity contribution in [1.29, 1.82) is 0 Å². The summed E-state index contributed by atoms with van der Waals surface area (Å²) in [6.07, 6.45) is 4.06. The highest BCUT2D eigenvalue weighted by Gasteiger charge is 2.33. The topological polar surface area (TPSA) is 58.2 Å². The predicted octanol–water partition coefficient (Wildman–Crippen LogP) is 2.86. The van der Waals surface area contributed by atoms with Gasteiger partial charge in [0.15, 0.2) is 0 Å². The van der Waals surface area contributed by atoms with Crippen LogP contribution in [0.2, 0.25) is 0 Å². The van der Waals surface area contributed by atoms with Crippen molar-refractivity contribution in [3.05, 3.63) is 16.3 Å². The molecule has 0 radical (unpaired) electrons. The van der Waals surface area contributed by atoms with E-state index in [1.54, 1.807) is 11.4 Å². The van der Waals surface area contributed by atoms with Gasteiger partial charge in [0, 0.05) is 28.4 Å². The molecule has 4 nitrogen and oxygen atoms in total. The van der Waals surface area contributed by atoms with Gasteiger partial charge in [-0.2, -0.15) is 0 Å². The molecule has 1 aliphatic rings. The molecule has 20 heavy (non-hydrogen) atoms. The van der Waals surface area contributed by atoms with Gasteiger partial charge in [-0.15, -0.1) is 11.3 Å². The molecule has 1 aliphatic carbocycles. The van der Waals surface area contributed by atoms with E-state index in [4.69, 9.17) is 0 Å². The van der Waals surface area contributed by atoms with Crippen molar-refractivity contribution < 1.29 is 8.42 Å². The third-order valence-corrected chi connectivity index (χ3v) is 6.42. The number of hydrogen-bond donors (Lipinski definition) is 2. The van der Waals surface area contributed by atoms with Crippen molar-refractivity contribution in [3.63, 3.8) is 0 Å². The largest absolute Gasteiger partial charge is 0.310 e. The average Bonchev–Trinajstić information content (AvgIpc) is 2.95. The summed E-state index contributed by atoms with van der Waals surface area (Å²) in [6, 6.07) is 2.17. The average molecular weight is 316 g/mol. The molecule has 1 fully saturated rings. The first-order chi connectivity index (χ1) is 9.31. The van der Waals surface area contributed by atoms with Crippen LogP contribution in [0.5, 0.6) is 0 Å². The van der Waals surface area contributed by atoms with Crippen LogP contribution in [0, 0.1) is 0 Å². The minimum atomic E-state index is -3.39. The molecule has 0 saturated heterocycles. The summed E-state index contributed by atoms with van der Waals surface area (Å²) >= 11 is 1.49. The van der Waals surface area contributed by atoms with E-state index >= 15 is 0 Å². The fourth-order valence-corrected chi connectivity index (χ4v) is 5.23. The van der Waals surface area contributed by atoms with Crippen molar-refractivity contribution in [1.82, 2.24) is 10.0 Å². The Morgan fingerprint density at radius 2 is 2.00 bits per heavy atom. The van der Waals surface area contributed by atoms with Crippen LogP contribution in [0.15, 0.2) is 16.3 Å². The maximum Gasteiger partial charge on any atom is 0.241 e. The highest BCUT2D eigenvalue weighted by atomic mass is 32.2. The van der Waals surface area contributed by atoms with E-state index in [-0.39, 0.29) is 5.54 Å². The van der Waals surface area contributed by atoms with Crippen LogP contribution < -0.4 is 10.0 Å². The van der Waals surface area contributed by atoms with E-state index in [1.165, 1.54) is 11.3 Å². The van der Waals surface area contributed by atoms with Gasteiger partial charge in [0.25, 0.3) is 0 Å². The zero-order valence-corrected chi connectivity index (χ0v) is 14.0. The van der Waals surface area contributed by atoms with E-state index in [0.717, 1.165) is 37.1 Å². The quantitative estimate of drug-likeness (QED) is 0.848. The van der Waals surface area contributed by atoms with Crippen LogP contribution >= 0.6 is 11.3 Å². The molecule has 114 valence electrons. The Morgan fingerprint density at radius 1 is 1.35 bits per heavy atom. The highest BCUT2D eigenvalue weighted by Crippen LogP contribution is 2.31. The summed E-state index contributed by atoms with van der Waals surface area (Å²) in [4.78, 5) is 1.45. The van der Waals surface area contributed by atoms with Crippen LogP contribution in [0.4, 0.5) is 0 Å². The Labute approximate surface area is 126 Å². The fraction of sp³-hybridized carbons (Fsp3) is 0.714. The molecular formula is C14H24N2O2S2. The van der Waals surface area contributed by atoms with Crippen LogP contribution in [-0.4, -0.2) is 20.0 Å². The Hall–Kier alpha value is -0.430. The zero-order valence-electron chi connectivity index (χ0n) is 12.4. The Bertz CT molecular complexity index is 543. The molecule has 0 spiro atoms. The minimum absolute atomic E-state index is 0.267. The monoisotopic (exact) mass is 316 g/mol. The molecule has 0 atom stereocenters. The van der Waals surface area contributed by atoms with Crippen molar-refractivity contribution in [2.75, 3.05) is 0 Å². The van der Waals surface area contributed by atoms with Crippen molar-refractivity contribution >= 4 is 21.4 Å². The molecule has 0 aliphatic heterocycles. The highest BCUT2D eigenvalue weighted by molar-refractivity contribution is 7.89. The van der Waals surface area contributed by atoms with E-state index < -0.39 is 10.0 Å². The number of sulfonamides is 1. The SMILES string of the molecule is CC(C)NCc1cc(S(=O)(=O)NC2(C)CCCC2)cs1. The predicted molar refractivity (Wildman–Crippen MR) is 83.5 cm³/mol. The van der Waals surface area contributed by atoms with Gasteiger partial charge in [-0.1, -0.05) is 26.7 Å². The van der Waals surface area contributed by atoms with Gasteiger partial charge in [0.1, 0.15) is 0 Å². The molecule has 0 aromatic carbocycles. The lowest BCUT2D eigenvalue weighted by Gasteiger charge is -2.24. The summed E-state index contributed by atoms with van der Waals surface area (Å²) in [5.74, 6) is 0. The number of thiophene rings is 1. The number of nitrogens with one attached hydrogen (secondary N) is 2. The minimum Gasteiger partial charge on any atom is -0.310 e. The molecule has 2 rings (SSSR count). The third-order valence-electron chi connectivity index (χ3n) is 3.71. The van der Waals surface area contributed by atoms with Crippen LogP contribution in [0.1, 0.15) is 51.3 Å². The molecule has 1 saturated carbocycles. The second kappa shape index (κ2) is 6.13. The summed E-state index contributed by atoms with van der Waals surface area (Å²) in [7, 11) is -3.39. The Morgan fingerprint density at radius 3 is 2.60 bits per heavy atom. The molecule has 1 aromatic rings. The first-order valence-corrected chi connectivity index (χ1v) is 9.52. The Balaban J connectivity index is 2.06. The van der Waals surface area contributed by atoms with E-state index in [0.29, 0.717) is 10.9 Å². The zero-order chi connectivity index (χ0) is 14.8. The van der Waals surface area contributed by atoms with Crippen molar-refractivity contribution in [2.45, 2.75) is 69.5 Å². The van der Waals surface area contributed by atoms with Crippen LogP contribution in [-0.2, 0) is 16.6 Å². The van der Waals surface area contributed by atoms with Gasteiger partial charge < -0.3 is 5.32 Å². The summed E-state index contributed by atoms with van der Waals surface area (Å²) in [6.45, 7) is 6.88.